The van der Waals surface area contributed by atoms with Crippen molar-refractivity contribution in [3.05, 3.63) is 94.0 Å². The molecule has 0 aromatic heterocycles. The molecule has 240 valence electrons. The molecular weight excluding hydrogens is 622 g/mol. The molecule has 45 heavy (non-hydrogen) atoms. The Bertz CT molecular complexity index is 1830. The van der Waals surface area contributed by atoms with Gasteiger partial charge in [0.15, 0.2) is 0 Å². The Labute approximate surface area is 262 Å². The molecule has 0 aliphatic heterocycles. The molecule has 3 aromatic carbocycles. The van der Waals surface area contributed by atoms with Crippen molar-refractivity contribution in [1.29, 1.82) is 0 Å². The molecule has 4 atom stereocenters. The van der Waals surface area contributed by atoms with Crippen molar-refractivity contribution in [3.63, 3.8) is 0 Å². The Morgan fingerprint density at radius 2 is 1.53 bits per heavy atom. The Kier molecular flexibility index (Phi) is 8.21. The van der Waals surface area contributed by atoms with Gasteiger partial charge in [-0.2, -0.15) is 13.9 Å². The highest BCUT2D eigenvalue weighted by molar-refractivity contribution is 7.92. The number of nitrogens with zero attached hydrogens (tertiary/aromatic N) is 2. The number of hydrogen-bond donors (Lipinski definition) is 1. The number of anilines is 1. The fourth-order valence-electron chi connectivity index (χ4n) is 7.01. The number of hydrogen-bond acceptors (Lipinski definition) is 9. The van der Waals surface area contributed by atoms with Crippen LogP contribution in [0.1, 0.15) is 44.7 Å². The monoisotopic (exact) mass is 657 g/mol. The number of sulfonamides is 1. The largest absolute Gasteiger partial charge is 0.442 e. The van der Waals surface area contributed by atoms with Crippen LogP contribution in [0.3, 0.4) is 0 Å². The van der Waals surface area contributed by atoms with Gasteiger partial charge in [-0.15, -0.1) is 4.28 Å². The van der Waals surface area contributed by atoms with Crippen LogP contribution in [0, 0.1) is 40.7 Å². The summed E-state index contributed by atoms with van der Waals surface area (Å²) in [5, 5.41) is 10.9. The Morgan fingerprint density at radius 1 is 0.933 bits per heavy atom. The topological polar surface area (TPSA) is 162 Å². The second-order valence-electron chi connectivity index (χ2n) is 12.5. The van der Waals surface area contributed by atoms with Gasteiger partial charge in [0, 0.05) is 17.5 Å². The van der Waals surface area contributed by atoms with Gasteiger partial charge in [0.05, 0.1) is 26.4 Å². The number of fused-ring (bicyclic) bond motifs is 2. The second-order valence-corrected chi connectivity index (χ2v) is 15.8. The van der Waals surface area contributed by atoms with Gasteiger partial charge in [-0.25, -0.2) is 13.2 Å². The van der Waals surface area contributed by atoms with Gasteiger partial charge < -0.3 is 4.74 Å². The summed E-state index contributed by atoms with van der Waals surface area (Å²) in [6.07, 6.45) is -0.881. The van der Waals surface area contributed by atoms with E-state index in [1.807, 2.05) is 46.2 Å². The Hall–Kier alpha value is -4.01. The third-order valence-corrected chi connectivity index (χ3v) is 12.6. The number of ether oxygens (including phenoxy) is 1. The normalized spacial score (nSPS) is 23.8. The molecule has 0 heterocycles. The minimum Gasteiger partial charge on any atom is -0.442 e. The summed E-state index contributed by atoms with van der Waals surface area (Å²) in [4.78, 5) is 23.1. The van der Waals surface area contributed by atoms with Crippen LogP contribution < -0.4 is 9.79 Å². The number of nitro benzene ring substituents is 1. The van der Waals surface area contributed by atoms with Gasteiger partial charge in [-0.05, 0) is 85.5 Å². The lowest BCUT2D eigenvalue weighted by Crippen LogP contribution is -2.54. The SMILES string of the molecule is Cc1cc(C)cc(N(C2C3CCC(C)(C2OC(=O)NOS(=O)(=O)c2ccc([N+](=O)[O-])cc2)C3(C)C)S(=O)(=O)c2ccccc2)c1. The van der Waals surface area contributed by atoms with Crippen LogP contribution >= 0.6 is 0 Å². The highest BCUT2D eigenvalue weighted by atomic mass is 32.2. The zero-order chi connectivity index (χ0) is 32.9. The van der Waals surface area contributed by atoms with Crippen LogP contribution in [0.2, 0.25) is 0 Å². The lowest BCUT2D eigenvalue weighted by atomic mass is 9.70. The molecule has 2 aliphatic rings. The molecule has 4 unspecified atom stereocenters. The number of carbonyl (C=O) groups excluding carboxylic acids is 1. The first-order chi connectivity index (χ1) is 21.0. The maximum absolute atomic E-state index is 14.5. The summed E-state index contributed by atoms with van der Waals surface area (Å²) in [5.41, 5.74) is 2.49. The van der Waals surface area contributed by atoms with E-state index in [-0.39, 0.29) is 16.5 Å². The molecule has 1 amide bonds. The zero-order valence-electron chi connectivity index (χ0n) is 25.5. The molecule has 2 bridgehead atoms. The minimum atomic E-state index is -4.56. The van der Waals surface area contributed by atoms with Crippen LogP contribution in [0.5, 0.6) is 0 Å². The van der Waals surface area contributed by atoms with E-state index in [9.17, 15) is 31.7 Å². The average molecular weight is 658 g/mol. The Balaban J connectivity index is 1.51. The van der Waals surface area contributed by atoms with Gasteiger partial charge in [0.2, 0.25) is 0 Å². The molecule has 3 aromatic rings. The van der Waals surface area contributed by atoms with E-state index >= 15 is 0 Å². The van der Waals surface area contributed by atoms with Crippen molar-refractivity contribution >= 4 is 37.6 Å². The number of amides is 1. The van der Waals surface area contributed by atoms with Crippen LogP contribution in [-0.2, 0) is 29.2 Å². The van der Waals surface area contributed by atoms with Gasteiger partial charge in [-0.3, -0.25) is 14.4 Å². The molecule has 0 radical (unpaired) electrons. The molecule has 12 nitrogen and oxygen atoms in total. The van der Waals surface area contributed by atoms with Crippen LogP contribution in [0.15, 0.2) is 82.6 Å². The molecule has 2 saturated carbocycles. The molecular formula is C31H35N3O9S2. The summed E-state index contributed by atoms with van der Waals surface area (Å²) < 4.78 is 66.4. The highest BCUT2D eigenvalue weighted by Crippen LogP contribution is 2.67. The molecule has 2 aliphatic carbocycles. The van der Waals surface area contributed by atoms with Crippen molar-refractivity contribution in [2.24, 2.45) is 16.7 Å². The number of benzene rings is 3. The number of non-ortho nitro benzene ring substituents is 1. The smallest absolute Gasteiger partial charge is 0.432 e. The summed E-state index contributed by atoms with van der Waals surface area (Å²) >= 11 is 0. The number of aryl methyl sites for hydroxylation is 2. The number of nitro groups is 1. The van der Waals surface area contributed by atoms with E-state index in [1.165, 1.54) is 16.4 Å². The Morgan fingerprint density at radius 3 is 2.11 bits per heavy atom. The summed E-state index contributed by atoms with van der Waals surface area (Å²) in [6, 6.07) is 16.7. The van der Waals surface area contributed by atoms with E-state index in [1.54, 1.807) is 30.3 Å². The van der Waals surface area contributed by atoms with Gasteiger partial charge in [-0.1, -0.05) is 45.0 Å². The van der Waals surface area contributed by atoms with E-state index in [0.717, 1.165) is 35.4 Å². The van der Waals surface area contributed by atoms with Crippen molar-refractivity contribution in [2.45, 2.75) is 69.4 Å². The minimum absolute atomic E-state index is 0.0793. The van der Waals surface area contributed by atoms with Gasteiger partial charge in [0.25, 0.3) is 15.7 Å². The first-order valence-electron chi connectivity index (χ1n) is 14.3. The number of rotatable bonds is 9. The third-order valence-electron chi connectivity index (χ3n) is 9.56. The van der Waals surface area contributed by atoms with E-state index in [4.69, 9.17) is 9.02 Å². The van der Waals surface area contributed by atoms with Crippen LogP contribution in [-0.4, -0.2) is 40.0 Å². The average Bonchev–Trinajstić information content (AvgIpc) is 3.29. The zero-order valence-corrected chi connectivity index (χ0v) is 27.1. The molecule has 0 saturated heterocycles. The summed E-state index contributed by atoms with van der Waals surface area (Å²) in [6.45, 7) is 9.76. The maximum Gasteiger partial charge on any atom is 0.432 e. The van der Waals surface area contributed by atoms with Crippen molar-refractivity contribution in [1.82, 2.24) is 5.48 Å². The molecule has 0 spiro atoms. The first kappa shape index (κ1) is 32.4. The fourth-order valence-corrected chi connectivity index (χ4v) is 9.44. The predicted molar refractivity (Wildman–Crippen MR) is 165 cm³/mol. The molecule has 2 fully saturated rings. The van der Waals surface area contributed by atoms with Gasteiger partial charge >= 0.3 is 16.2 Å². The van der Waals surface area contributed by atoms with Crippen molar-refractivity contribution < 1.29 is 35.6 Å². The molecule has 5 rings (SSSR count). The lowest BCUT2D eigenvalue weighted by molar-refractivity contribution is -0.384. The standard InChI is InChI=1S/C31H35N3O9S2/c1-20-17-21(2)19-23(18-20)33(44(38,39)24-9-7-6-8-10-24)27-26-15-16-31(5,30(26,3)4)28(27)42-29(35)32-43-45(40,41)25-13-11-22(12-14-25)34(36)37/h6-14,17-19,26-28H,15-16H2,1-5H3,(H,32,35). The van der Waals surface area contributed by atoms with Crippen molar-refractivity contribution in [2.75, 3.05) is 4.31 Å². The predicted octanol–water partition coefficient (Wildman–Crippen LogP) is 5.65. The van der Waals surface area contributed by atoms with E-state index in [0.29, 0.717) is 18.5 Å². The van der Waals surface area contributed by atoms with Gasteiger partial charge in [0.1, 0.15) is 6.10 Å². The van der Waals surface area contributed by atoms with Crippen LogP contribution in [0.25, 0.3) is 0 Å². The molecule has 1 N–H and O–H groups in total. The third kappa shape index (κ3) is 5.66. The maximum atomic E-state index is 14.5. The van der Waals surface area contributed by atoms with E-state index < -0.39 is 59.0 Å². The van der Waals surface area contributed by atoms with Crippen molar-refractivity contribution in [3.8, 4) is 0 Å². The summed E-state index contributed by atoms with van der Waals surface area (Å²) in [7, 11) is -8.74. The van der Waals surface area contributed by atoms with E-state index in [2.05, 4.69) is 0 Å². The second kappa shape index (κ2) is 11.4. The number of carbonyl (C=O) groups is 1. The number of hydroxylamine groups is 1. The highest BCUT2D eigenvalue weighted by Gasteiger charge is 2.70. The number of nitrogens with one attached hydrogen (secondary N) is 1. The summed E-state index contributed by atoms with van der Waals surface area (Å²) in [5.74, 6) is -0.218. The molecule has 14 heteroatoms. The lowest BCUT2D eigenvalue weighted by Gasteiger charge is -2.42. The first-order valence-corrected chi connectivity index (χ1v) is 17.2. The fraction of sp³-hybridized carbons (Fsp3) is 0.387. The quantitative estimate of drug-likeness (QED) is 0.226. The van der Waals surface area contributed by atoms with Crippen LogP contribution in [0.4, 0.5) is 16.2 Å².